The topological polar surface area (TPSA) is 101 Å². The van der Waals surface area contributed by atoms with E-state index >= 15 is 0 Å². The Kier molecular flexibility index (Phi) is 4.99. The fraction of sp³-hybridized carbons (Fsp3) is 0.238. The summed E-state index contributed by atoms with van der Waals surface area (Å²) in [5, 5.41) is 12.1. The minimum atomic E-state index is -0.608. The van der Waals surface area contributed by atoms with Gasteiger partial charge in [0.2, 0.25) is 11.1 Å². The monoisotopic (exact) mass is 434 g/mol. The van der Waals surface area contributed by atoms with E-state index in [0.29, 0.717) is 29.4 Å². The van der Waals surface area contributed by atoms with Crippen molar-refractivity contribution in [2.75, 3.05) is 17.2 Å². The lowest BCUT2D eigenvalue weighted by molar-refractivity contribution is -0.127. The molecule has 2 aromatic carbocycles. The van der Waals surface area contributed by atoms with Crippen LogP contribution in [0.15, 0.2) is 59.8 Å². The molecular weight excluding hydrogens is 416 g/mol. The number of nitrogens with zero attached hydrogens (tertiary/aromatic N) is 6. The molecule has 0 N–H and O–H groups in total. The molecule has 2 aliphatic rings. The Hall–Kier alpha value is -3.53. The third-order valence-electron chi connectivity index (χ3n) is 5.41. The van der Waals surface area contributed by atoms with Crippen LogP contribution >= 0.6 is 11.8 Å². The van der Waals surface area contributed by atoms with Gasteiger partial charge in [-0.15, -0.1) is 5.10 Å². The van der Waals surface area contributed by atoms with Crippen LogP contribution in [-0.4, -0.2) is 61.2 Å². The first-order valence-corrected chi connectivity index (χ1v) is 10.9. The number of carbonyl (C=O) groups excluding carboxylic acids is 3. The highest BCUT2D eigenvalue weighted by atomic mass is 32.2. The number of thioether (sulfide) groups is 1. The van der Waals surface area contributed by atoms with Crippen molar-refractivity contribution in [1.29, 1.82) is 0 Å². The summed E-state index contributed by atoms with van der Waals surface area (Å²) in [6, 6.07) is 15.5. The molecule has 1 fully saturated rings. The van der Waals surface area contributed by atoms with Crippen LogP contribution in [0.5, 0.6) is 0 Å². The minimum Gasteiger partial charge on any atom is -0.327 e. The van der Waals surface area contributed by atoms with Crippen LogP contribution in [-0.2, 0) is 9.59 Å². The Morgan fingerprint density at radius 3 is 2.68 bits per heavy atom. The number of rotatable bonds is 4. The molecule has 3 heterocycles. The Labute approximate surface area is 182 Å². The molecule has 156 valence electrons. The fourth-order valence-corrected chi connectivity index (χ4v) is 4.73. The van der Waals surface area contributed by atoms with Crippen molar-refractivity contribution in [3.05, 3.63) is 60.2 Å². The summed E-state index contributed by atoms with van der Waals surface area (Å²) in [5.41, 5.74) is 1.47. The zero-order valence-corrected chi connectivity index (χ0v) is 17.2. The first kappa shape index (κ1) is 19.4. The zero-order valence-electron chi connectivity index (χ0n) is 16.4. The number of imide groups is 1. The molecule has 2 aliphatic heterocycles. The first-order valence-electron chi connectivity index (χ1n) is 9.88. The molecule has 0 aliphatic carbocycles. The average molecular weight is 434 g/mol. The Balaban J connectivity index is 1.43. The van der Waals surface area contributed by atoms with E-state index < -0.39 is 11.9 Å². The van der Waals surface area contributed by atoms with E-state index in [1.165, 1.54) is 0 Å². The van der Waals surface area contributed by atoms with E-state index in [4.69, 9.17) is 0 Å². The molecule has 31 heavy (non-hydrogen) atoms. The number of amides is 3. The molecule has 5 rings (SSSR count). The highest BCUT2D eigenvalue weighted by molar-refractivity contribution is 7.99. The Morgan fingerprint density at radius 2 is 1.84 bits per heavy atom. The molecule has 1 aromatic heterocycles. The lowest BCUT2D eigenvalue weighted by atomic mass is 10.1. The molecule has 0 bridgehead atoms. The van der Waals surface area contributed by atoms with Crippen molar-refractivity contribution in [3.63, 3.8) is 0 Å². The van der Waals surface area contributed by atoms with Crippen molar-refractivity contribution in [2.24, 2.45) is 0 Å². The number of tetrazole rings is 1. The molecule has 10 heteroatoms. The van der Waals surface area contributed by atoms with E-state index in [-0.39, 0.29) is 17.6 Å². The Bertz CT molecular complexity index is 1160. The summed E-state index contributed by atoms with van der Waals surface area (Å²) in [6.07, 6.45) is 1.30. The van der Waals surface area contributed by atoms with Crippen molar-refractivity contribution < 1.29 is 14.4 Å². The second kappa shape index (κ2) is 7.95. The van der Waals surface area contributed by atoms with E-state index in [0.717, 1.165) is 28.8 Å². The van der Waals surface area contributed by atoms with Crippen LogP contribution in [0.1, 0.15) is 23.2 Å². The van der Waals surface area contributed by atoms with Crippen LogP contribution < -0.4 is 4.90 Å². The number of carbonyl (C=O) groups is 3. The van der Waals surface area contributed by atoms with Crippen LogP contribution in [0.2, 0.25) is 0 Å². The number of anilines is 1. The number of aromatic nitrogens is 4. The van der Waals surface area contributed by atoms with Crippen molar-refractivity contribution in [1.82, 2.24) is 25.1 Å². The maximum Gasteiger partial charge on any atom is 0.256 e. The number of benzene rings is 2. The summed E-state index contributed by atoms with van der Waals surface area (Å²) in [7, 11) is 0. The van der Waals surface area contributed by atoms with Gasteiger partial charge >= 0.3 is 0 Å². The molecule has 0 spiro atoms. The van der Waals surface area contributed by atoms with Crippen LogP contribution in [0.4, 0.5) is 5.69 Å². The highest BCUT2D eigenvalue weighted by Crippen LogP contribution is 2.33. The van der Waals surface area contributed by atoms with E-state index in [1.54, 1.807) is 33.8 Å². The van der Waals surface area contributed by atoms with Gasteiger partial charge in [-0.2, -0.15) is 4.68 Å². The third-order valence-corrected chi connectivity index (χ3v) is 6.31. The summed E-state index contributed by atoms with van der Waals surface area (Å²) >= 11 is 1.14. The minimum absolute atomic E-state index is 0.0474. The van der Waals surface area contributed by atoms with Gasteiger partial charge in [0.25, 0.3) is 11.8 Å². The van der Waals surface area contributed by atoms with Crippen LogP contribution in [0.25, 0.3) is 5.69 Å². The second-order valence-corrected chi connectivity index (χ2v) is 8.18. The number of fused-ring (bicyclic) bond motifs is 2. The predicted molar refractivity (Wildman–Crippen MR) is 113 cm³/mol. The van der Waals surface area contributed by atoms with Gasteiger partial charge in [0.1, 0.15) is 6.04 Å². The van der Waals surface area contributed by atoms with Gasteiger partial charge in [0.15, 0.2) is 0 Å². The van der Waals surface area contributed by atoms with Gasteiger partial charge in [0, 0.05) is 6.54 Å². The molecule has 0 saturated carbocycles. The molecule has 0 radical (unpaired) electrons. The molecule has 1 unspecified atom stereocenters. The molecule has 1 atom stereocenters. The maximum absolute atomic E-state index is 13.3. The van der Waals surface area contributed by atoms with Crippen molar-refractivity contribution >= 4 is 35.2 Å². The predicted octanol–water partition coefficient (Wildman–Crippen LogP) is 1.93. The summed E-state index contributed by atoms with van der Waals surface area (Å²) in [6.45, 7) is 0.520. The number of hydrogen-bond acceptors (Lipinski definition) is 7. The highest BCUT2D eigenvalue weighted by Gasteiger charge is 2.43. The smallest absolute Gasteiger partial charge is 0.256 e. The van der Waals surface area contributed by atoms with Gasteiger partial charge in [-0.1, -0.05) is 42.1 Å². The Morgan fingerprint density at radius 1 is 1.06 bits per heavy atom. The molecule has 9 nitrogen and oxygen atoms in total. The van der Waals surface area contributed by atoms with Crippen molar-refractivity contribution in [3.8, 4) is 5.69 Å². The van der Waals surface area contributed by atoms with E-state index in [9.17, 15) is 14.4 Å². The average Bonchev–Trinajstić information content (AvgIpc) is 3.46. The zero-order chi connectivity index (χ0) is 21.4. The molecule has 3 amide bonds. The lowest BCUT2D eigenvalue weighted by Gasteiger charge is -2.24. The summed E-state index contributed by atoms with van der Waals surface area (Å²) in [5.74, 6) is -1.02. The number of para-hydroxylation sites is 2. The molecule has 1 saturated heterocycles. The normalized spacial score (nSPS) is 18.0. The molecular formula is C21H18N6O3S. The van der Waals surface area contributed by atoms with Gasteiger partial charge in [-0.3, -0.25) is 14.4 Å². The largest absolute Gasteiger partial charge is 0.327 e. The maximum atomic E-state index is 13.3. The number of hydrogen-bond donors (Lipinski definition) is 0. The van der Waals surface area contributed by atoms with Crippen molar-refractivity contribution in [2.45, 2.75) is 24.0 Å². The van der Waals surface area contributed by atoms with Crippen LogP contribution in [0, 0.1) is 0 Å². The summed E-state index contributed by atoms with van der Waals surface area (Å²) < 4.78 is 1.54. The second-order valence-electron chi connectivity index (χ2n) is 7.24. The van der Waals surface area contributed by atoms with E-state index in [1.807, 2.05) is 30.3 Å². The van der Waals surface area contributed by atoms with Crippen LogP contribution in [0.3, 0.4) is 0 Å². The molecule has 3 aromatic rings. The first-order chi connectivity index (χ1) is 15.1. The van der Waals surface area contributed by atoms with Gasteiger partial charge in [0.05, 0.1) is 22.7 Å². The SMILES string of the molecule is O=C(CSc1nnnn1-c1ccccc1)N1C(=O)C2CCCN2C(=O)c2ccccc21. The van der Waals surface area contributed by atoms with Gasteiger partial charge < -0.3 is 4.90 Å². The van der Waals surface area contributed by atoms with Gasteiger partial charge in [-0.05, 0) is 47.5 Å². The fourth-order valence-electron chi connectivity index (χ4n) is 3.99. The van der Waals surface area contributed by atoms with E-state index in [2.05, 4.69) is 15.5 Å². The quantitative estimate of drug-likeness (QED) is 0.578. The van der Waals surface area contributed by atoms with Gasteiger partial charge in [-0.25, -0.2) is 4.90 Å². The third kappa shape index (κ3) is 3.38. The standard InChI is InChI=1S/C21H18N6O3S/c28-18(13-31-21-22-23-24-27(21)14-7-2-1-3-8-14)26-16-10-5-4-9-15(16)19(29)25-12-6-11-17(25)20(26)30/h1-5,7-10,17H,6,11-13H2. The lowest BCUT2D eigenvalue weighted by Crippen LogP contribution is -2.47. The summed E-state index contributed by atoms with van der Waals surface area (Å²) in [4.78, 5) is 42.2.